The smallest absolute Gasteiger partial charge is 0.255 e. The van der Waals surface area contributed by atoms with E-state index in [1.165, 1.54) is 0 Å². The highest BCUT2D eigenvalue weighted by Crippen LogP contribution is 2.33. The quantitative estimate of drug-likeness (QED) is 0.449. The molecule has 4 heterocycles. The summed E-state index contributed by atoms with van der Waals surface area (Å²) in [4.78, 5) is 21.3. The molecule has 0 unspecified atom stereocenters. The summed E-state index contributed by atoms with van der Waals surface area (Å²) in [5.74, 6) is 0.976. The summed E-state index contributed by atoms with van der Waals surface area (Å²) in [7, 11) is 0. The van der Waals surface area contributed by atoms with Gasteiger partial charge in [-0.05, 0) is 48.5 Å². The SMILES string of the molecule is O=C(Nc1cccc(-c2ccnc3cc(-c4ccncc4)nn23)c1)c1ccc2c(c1)OCO2. The van der Waals surface area contributed by atoms with Gasteiger partial charge in [0.05, 0.1) is 11.4 Å². The molecule has 5 aromatic rings. The molecule has 0 bridgehead atoms. The number of amides is 1. The molecule has 0 spiro atoms. The maximum atomic E-state index is 12.8. The van der Waals surface area contributed by atoms with Gasteiger partial charge in [-0.2, -0.15) is 5.10 Å². The van der Waals surface area contributed by atoms with Crippen molar-refractivity contribution in [1.82, 2.24) is 19.6 Å². The van der Waals surface area contributed by atoms with E-state index in [0.717, 1.165) is 28.2 Å². The number of benzene rings is 2. The van der Waals surface area contributed by atoms with Crippen LogP contribution in [0.15, 0.2) is 85.3 Å². The lowest BCUT2D eigenvalue weighted by Crippen LogP contribution is -2.11. The Bertz CT molecular complexity index is 1500. The fourth-order valence-electron chi connectivity index (χ4n) is 3.77. The van der Waals surface area contributed by atoms with E-state index in [4.69, 9.17) is 14.6 Å². The molecule has 0 aliphatic carbocycles. The minimum absolute atomic E-state index is 0.166. The van der Waals surface area contributed by atoms with E-state index in [9.17, 15) is 4.79 Å². The molecule has 33 heavy (non-hydrogen) atoms. The molecule has 3 aromatic heterocycles. The molecule has 1 N–H and O–H groups in total. The van der Waals surface area contributed by atoms with E-state index >= 15 is 0 Å². The van der Waals surface area contributed by atoms with Gasteiger partial charge in [-0.15, -0.1) is 0 Å². The number of fused-ring (bicyclic) bond motifs is 2. The Morgan fingerprint density at radius 1 is 0.879 bits per heavy atom. The normalized spacial score (nSPS) is 12.1. The molecule has 0 atom stereocenters. The van der Waals surface area contributed by atoms with Gasteiger partial charge in [-0.3, -0.25) is 9.78 Å². The van der Waals surface area contributed by atoms with E-state index in [2.05, 4.69) is 15.3 Å². The van der Waals surface area contributed by atoms with Crippen molar-refractivity contribution in [2.75, 3.05) is 12.1 Å². The molecule has 2 aromatic carbocycles. The van der Waals surface area contributed by atoms with Gasteiger partial charge in [0.2, 0.25) is 6.79 Å². The van der Waals surface area contributed by atoms with Crippen LogP contribution in [0.1, 0.15) is 10.4 Å². The molecule has 160 valence electrons. The summed E-state index contributed by atoms with van der Waals surface area (Å²) in [5.41, 5.74) is 5.42. The zero-order chi connectivity index (χ0) is 22.2. The zero-order valence-corrected chi connectivity index (χ0v) is 17.3. The van der Waals surface area contributed by atoms with E-state index in [1.807, 2.05) is 48.5 Å². The molecule has 1 aliphatic rings. The minimum Gasteiger partial charge on any atom is -0.454 e. The zero-order valence-electron chi connectivity index (χ0n) is 17.3. The lowest BCUT2D eigenvalue weighted by atomic mass is 10.1. The van der Waals surface area contributed by atoms with E-state index < -0.39 is 0 Å². The van der Waals surface area contributed by atoms with Crippen LogP contribution in [0.3, 0.4) is 0 Å². The predicted molar refractivity (Wildman–Crippen MR) is 122 cm³/mol. The average Bonchev–Trinajstić information content (AvgIpc) is 3.51. The number of aromatic nitrogens is 4. The third-order valence-corrected chi connectivity index (χ3v) is 5.39. The van der Waals surface area contributed by atoms with Crippen LogP contribution in [0.5, 0.6) is 11.5 Å². The predicted octanol–water partition coefficient (Wildman–Crippen LogP) is 4.44. The summed E-state index contributed by atoms with van der Waals surface area (Å²) in [6.07, 6.45) is 5.22. The monoisotopic (exact) mass is 435 g/mol. The second kappa shape index (κ2) is 7.76. The highest BCUT2D eigenvalue weighted by molar-refractivity contribution is 6.05. The second-order valence-electron chi connectivity index (χ2n) is 7.47. The van der Waals surface area contributed by atoms with Crippen LogP contribution in [0.4, 0.5) is 5.69 Å². The first kappa shape index (κ1) is 19.0. The van der Waals surface area contributed by atoms with Crippen molar-refractivity contribution in [3.05, 3.63) is 90.9 Å². The van der Waals surface area contributed by atoms with Crippen molar-refractivity contribution >= 4 is 17.2 Å². The Labute approximate surface area is 188 Å². The molecule has 0 saturated carbocycles. The summed E-state index contributed by atoms with van der Waals surface area (Å²) < 4.78 is 12.5. The highest BCUT2D eigenvalue weighted by Gasteiger charge is 2.17. The first-order valence-corrected chi connectivity index (χ1v) is 10.3. The van der Waals surface area contributed by atoms with Crippen LogP contribution >= 0.6 is 0 Å². The largest absolute Gasteiger partial charge is 0.454 e. The Balaban J connectivity index is 1.32. The van der Waals surface area contributed by atoms with Gasteiger partial charge in [0, 0.05) is 47.0 Å². The fourth-order valence-corrected chi connectivity index (χ4v) is 3.77. The van der Waals surface area contributed by atoms with E-state index in [1.54, 1.807) is 41.3 Å². The highest BCUT2D eigenvalue weighted by atomic mass is 16.7. The molecule has 0 saturated heterocycles. The van der Waals surface area contributed by atoms with Crippen LogP contribution in [-0.4, -0.2) is 32.3 Å². The molecule has 8 heteroatoms. The number of anilines is 1. The number of nitrogens with one attached hydrogen (secondary N) is 1. The average molecular weight is 435 g/mol. The van der Waals surface area contributed by atoms with Crippen molar-refractivity contribution in [2.45, 2.75) is 0 Å². The molecule has 8 nitrogen and oxygen atoms in total. The maximum Gasteiger partial charge on any atom is 0.255 e. The van der Waals surface area contributed by atoms with Gasteiger partial charge in [0.1, 0.15) is 0 Å². The maximum absolute atomic E-state index is 12.8. The van der Waals surface area contributed by atoms with Crippen molar-refractivity contribution in [1.29, 1.82) is 0 Å². The third-order valence-electron chi connectivity index (χ3n) is 5.39. The molecule has 6 rings (SSSR count). The number of nitrogens with zero attached hydrogens (tertiary/aromatic N) is 4. The van der Waals surface area contributed by atoms with Crippen LogP contribution in [0.2, 0.25) is 0 Å². The van der Waals surface area contributed by atoms with E-state index in [-0.39, 0.29) is 12.7 Å². The second-order valence-corrected chi connectivity index (χ2v) is 7.47. The molecular formula is C25H17N5O3. The topological polar surface area (TPSA) is 90.6 Å². The van der Waals surface area contributed by atoms with Crippen LogP contribution in [0.25, 0.3) is 28.2 Å². The lowest BCUT2D eigenvalue weighted by molar-refractivity contribution is 0.102. The minimum atomic E-state index is -0.232. The molecule has 1 aliphatic heterocycles. The summed E-state index contributed by atoms with van der Waals surface area (Å²) in [6, 6.07) is 20.4. The fraction of sp³-hybridized carbons (Fsp3) is 0.0400. The number of rotatable bonds is 4. The Morgan fingerprint density at radius 3 is 2.67 bits per heavy atom. The number of hydrogen-bond acceptors (Lipinski definition) is 6. The molecule has 0 fully saturated rings. The van der Waals surface area contributed by atoms with Gasteiger partial charge < -0.3 is 14.8 Å². The summed E-state index contributed by atoms with van der Waals surface area (Å²) >= 11 is 0. The van der Waals surface area contributed by atoms with Gasteiger partial charge in [-0.1, -0.05) is 12.1 Å². The first-order valence-electron chi connectivity index (χ1n) is 10.3. The number of carbonyl (C=O) groups excluding carboxylic acids is 1. The van der Waals surface area contributed by atoms with Gasteiger partial charge >= 0.3 is 0 Å². The summed E-state index contributed by atoms with van der Waals surface area (Å²) in [5, 5.41) is 7.70. The van der Waals surface area contributed by atoms with Crippen LogP contribution < -0.4 is 14.8 Å². The van der Waals surface area contributed by atoms with Gasteiger partial charge in [0.25, 0.3) is 5.91 Å². The van der Waals surface area contributed by atoms with Crippen molar-refractivity contribution in [2.24, 2.45) is 0 Å². The van der Waals surface area contributed by atoms with E-state index in [0.29, 0.717) is 22.7 Å². The standard InChI is InChI=1S/C25H17N5O3/c31-25(18-4-5-22-23(13-18)33-15-32-22)28-19-3-1-2-17(12-19)21-8-11-27-24-14-20(29-30(21)24)16-6-9-26-10-7-16/h1-14H,15H2,(H,28,31). The van der Waals surface area contributed by atoms with Crippen molar-refractivity contribution < 1.29 is 14.3 Å². The molecular weight excluding hydrogens is 418 g/mol. The van der Waals surface area contributed by atoms with Crippen molar-refractivity contribution in [3.63, 3.8) is 0 Å². The molecule has 0 radical (unpaired) electrons. The molecule has 1 amide bonds. The van der Waals surface area contributed by atoms with Crippen LogP contribution in [-0.2, 0) is 0 Å². The number of pyridine rings is 1. The third kappa shape index (κ3) is 3.53. The first-order chi connectivity index (χ1) is 16.2. The van der Waals surface area contributed by atoms with Crippen molar-refractivity contribution in [3.8, 4) is 34.0 Å². The Morgan fingerprint density at radius 2 is 1.76 bits per heavy atom. The number of hydrogen-bond donors (Lipinski definition) is 1. The summed E-state index contributed by atoms with van der Waals surface area (Å²) in [6.45, 7) is 0.166. The Kier molecular flexibility index (Phi) is 4.47. The number of carbonyl (C=O) groups is 1. The lowest BCUT2D eigenvalue weighted by Gasteiger charge is -2.09. The van der Waals surface area contributed by atoms with Crippen LogP contribution in [0, 0.1) is 0 Å². The van der Waals surface area contributed by atoms with Gasteiger partial charge in [0.15, 0.2) is 17.1 Å². The van der Waals surface area contributed by atoms with Gasteiger partial charge in [-0.25, -0.2) is 9.50 Å². The number of ether oxygens (including phenoxy) is 2. The Hall–Kier alpha value is -4.72.